The van der Waals surface area contributed by atoms with E-state index in [1.807, 2.05) is 36.4 Å². The molecule has 1 aromatic heterocycles. The predicted octanol–water partition coefficient (Wildman–Crippen LogP) is 3.13. The highest BCUT2D eigenvalue weighted by Gasteiger charge is 2.56. The monoisotopic (exact) mass is 378 g/mol. The number of anilines is 2. The zero-order valence-electron chi connectivity index (χ0n) is 14.4. The Balaban J connectivity index is 1.77. The summed E-state index contributed by atoms with van der Waals surface area (Å²) < 4.78 is 1.64. The summed E-state index contributed by atoms with van der Waals surface area (Å²) in [6.45, 7) is 0. The van der Waals surface area contributed by atoms with E-state index in [2.05, 4.69) is 10.4 Å². The Bertz CT molecular complexity index is 1110. The molecule has 2 aliphatic rings. The van der Waals surface area contributed by atoms with Gasteiger partial charge in [0.15, 0.2) is 0 Å². The lowest BCUT2D eigenvalue weighted by molar-refractivity contribution is -0.126. The molecule has 2 aromatic carbocycles. The number of nitrogens with zero attached hydrogens (tertiary/aromatic N) is 3. The van der Waals surface area contributed by atoms with Gasteiger partial charge in [0, 0.05) is 29.7 Å². The first kappa shape index (κ1) is 16.1. The van der Waals surface area contributed by atoms with Gasteiger partial charge in [0.05, 0.1) is 11.9 Å². The Morgan fingerprint density at radius 1 is 1.07 bits per heavy atom. The number of aromatic nitrogens is 2. The molecule has 1 spiro atoms. The van der Waals surface area contributed by atoms with Gasteiger partial charge in [-0.05, 0) is 35.9 Å². The molecule has 6 nitrogen and oxygen atoms in total. The van der Waals surface area contributed by atoms with Crippen LogP contribution in [-0.4, -0.2) is 28.6 Å². The van der Waals surface area contributed by atoms with Crippen molar-refractivity contribution >= 4 is 34.9 Å². The Morgan fingerprint density at radius 2 is 1.81 bits per heavy atom. The molecule has 0 aliphatic carbocycles. The van der Waals surface area contributed by atoms with Crippen LogP contribution >= 0.6 is 11.6 Å². The van der Waals surface area contributed by atoms with Crippen LogP contribution in [0.1, 0.15) is 17.5 Å². The Kier molecular flexibility index (Phi) is 3.24. The maximum absolute atomic E-state index is 13.3. The fraction of sp³-hybridized carbons (Fsp3) is 0.150. The number of likely N-dealkylation sites (N-methyl/N-ethyl adjacent to an activating group) is 1. The molecular weight excluding hydrogens is 364 g/mol. The van der Waals surface area contributed by atoms with E-state index >= 15 is 0 Å². The molecule has 0 saturated heterocycles. The number of benzene rings is 2. The van der Waals surface area contributed by atoms with Gasteiger partial charge in [-0.3, -0.25) is 9.59 Å². The van der Waals surface area contributed by atoms with Crippen molar-refractivity contribution in [2.75, 3.05) is 17.3 Å². The second kappa shape index (κ2) is 5.44. The minimum Gasteiger partial charge on any atom is -0.314 e. The first-order valence-electron chi connectivity index (χ1n) is 8.54. The van der Waals surface area contributed by atoms with Gasteiger partial charge in [-0.2, -0.15) is 5.10 Å². The van der Waals surface area contributed by atoms with E-state index in [0.29, 0.717) is 16.4 Å². The average molecular weight is 379 g/mol. The molecule has 0 unspecified atom stereocenters. The van der Waals surface area contributed by atoms with Crippen molar-refractivity contribution in [3.63, 3.8) is 0 Å². The maximum atomic E-state index is 13.3. The molecule has 1 atom stereocenters. The molecule has 2 amide bonds. The van der Waals surface area contributed by atoms with E-state index in [1.165, 1.54) is 0 Å². The third-order valence-corrected chi connectivity index (χ3v) is 5.63. The summed E-state index contributed by atoms with van der Waals surface area (Å²) in [5.74, 6) is 0.194. The molecule has 0 fully saturated rings. The average Bonchev–Trinajstić information content (AvgIpc) is 3.18. The Morgan fingerprint density at radius 3 is 2.59 bits per heavy atom. The highest BCUT2D eigenvalue weighted by molar-refractivity contribution is 6.30. The van der Waals surface area contributed by atoms with E-state index in [9.17, 15) is 9.59 Å². The highest BCUT2D eigenvalue weighted by Crippen LogP contribution is 2.51. The Hall–Kier alpha value is -3.12. The van der Waals surface area contributed by atoms with Crippen molar-refractivity contribution in [2.45, 2.75) is 11.8 Å². The number of nitrogens with one attached hydrogen (secondary N) is 1. The van der Waals surface area contributed by atoms with Crippen molar-refractivity contribution in [1.29, 1.82) is 0 Å². The van der Waals surface area contributed by atoms with Crippen molar-refractivity contribution in [3.05, 3.63) is 70.9 Å². The zero-order valence-corrected chi connectivity index (χ0v) is 15.2. The van der Waals surface area contributed by atoms with Crippen molar-refractivity contribution in [1.82, 2.24) is 9.78 Å². The number of fused-ring (bicyclic) bond motifs is 4. The van der Waals surface area contributed by atoms with Gasteiger partial charge in [-0.15, -0.1) is 0 Å². The van der Waals surface area contributed by atoms with Crippen molar-refractivity contribution in [3.8, 4) is 5.69 Å². The minimum absolute atomic E-state index is 0.0620. The summed E-state index contributed by atoms with van der Waals surface area (Å²) in [6, 6.07) is 14.8. The lowest BCUT2D eigenvalue weighted by Crippen LogP contribution is -2.45. The molecule has 0 bridgehead atoms. The second-order valence-electron chi connectivity index (χ2n) is 6.81. The first-order valence-corrected chi connectivity index (χ1v) is 8.92. The summed E-state index contributed by atoms with van der Waals surface area (Å²) in [7, 11) is 1.74. The number of amides is 2. The molecule has 134 valence electrons. The number of para-hydroxylation sites is 1. The fourth-order valence-electron chi connectivity index (χ4n) is 4.14. The molecule has 7 heteroatoms. The molecule has 0 saturated carbocycles. The van der Waals surface area contributed by atoms with Gasteiger partial charge in [0.1, 0.15) is 11.2 Å². The van der Waals surface area contributed by atoms with Crippen LogP contribution in [0.25, 0.3) is 5.69 Å². The van der Waals surface area contributed by atoms with Gasteiger partial charge < -0.3 is 10.2 Å². The van der Waals surface area contributed by atoms with Crippen molar-refractivity contribution in [2.24, 2.45) is 0 Å². The first-order chi connectivity index (χ1) is 13.0. The standard InChI is InChI=1S/C20H15ClN4O2/c1-24-16-5-3-2-4-14(16)20(19(24)27)10-17(26)23-18-15(20)11-22-25(18)13-8-6-12(21)7-9-13/h2-9,11H,10H2,1H3,(H,23,26)/t20-/m1/s1. The van der Waals surface area contributed by atoms with E-state index in [1.54, 1.807) is 35.0 Å². The molecule has 3 heterocycles. The zero-order chi connectivity index (χ0) is 18.8. The van der Waals surface area contributed by atoms with Gasteiger partial charge >= 0.3 is 0 Å². The topological polar surface area (TPSA) is 67.2 Å². The van der Waals surface area contributed by atoms with E-state index < -0.39 is 5.41 Å². The molecular formula is C20H15ClN4O2. The van der Waals surface area contributed by atoms with E-state index in [0.717, 1.165) is 16.9 Å². The largest absolute Gasteiger partial charge is 0.314 e. The summed E-state index contributed by atoms with van der Waals surface area (Å²) in [5.41, 5.74) is 2.07. The number of halogens is 1. The van der Waals surface area contributed by atoms with Crippen LogP contribution < -0.4 is 10.2 Å². The number of carbonyl (C=O) groups is 2. The van der Waals surface area contributed by atoms with E-state index in [4.69, 9.17) is 11.6 Å². The van der Waals surface area contributed by atoms with Crippen LogP contribution in [0.3, 0.4) is 0 Å². The molecule has 0 radical (unpaired) electrons. The third-order valence-electron chi connectivity index (χ3n) is 5.38. The number of hydrogen-bond acceptors (Lipinski definition) is 3. The smallest absolute Gasteiger partial charge is 0.242 e. The van der Waals surface area contributed by atoms with Gasteiger partial charge in [0.2, 0.25) is 11.8 Å². The lowest BCUT2D eigenvalue weighted by Gasteiger charge is -2.32. The molecule has 27 heavy (non-hydrogen) atoms. The third kappa shape index (κ3) is 2.04. The summed E-state index contributed by atoms with van der Waals surface area (Å²) in [5, 5.41) is 7.98. The lowest BCUT2D eigenvalue weighted by atomic mass is 9.72. The summed E-state index contributed by atoms with van der Waals surface area (Å²) in [6.07, 6.45) is 1.74. The predicted molar refractivity (Wildman–Crippen MR) is 102 cm³/mol. The van der Waals surface area contributed by atoms with Crippen LogP contribution in [-0.2, 0) is 15.0 Å². The van der Waals surface area contributed by atoms with Crippen LogP contribution in [0.4, 0.5) is 11.5 Å². The summed E-state index contributed by atoms with van der Waals surface area (Å²) in [4.78, 5) is 27.6. The van der Waals surface area contributed by atoms with Crippen LogP contribution in [0.15, 0.2) is 54.7 Å². The maximum Gasteiger partial charge on any atom is 0.242 e. The summed E-state index contributed by atoms with van der Waals surface area (Å²) >= 11 is 5.98. The molecule has 2 aliphatic heterocycles. The molecule has 5 rings (SSSR count). The minimum atomic E-state index is -1.05. The molecule has 1 N–H and O–H groups in total. The molecule has 3 aromatic rings. The Labute approximate surface area is 160 Å². The van der Waals surface area contributed by atoms with Gasteiger partial charge in [-0.1, -0.05) is 29.8 Å². The second-order valence-corrected chi connectivity index (χ2v) is 7.24. The number of rotatable bonds is 1. The fourth-order valence-corrected chi connectivity index (χ4v) is 4.27. The van der Waals surface area contributed by atoms with Crippen LogP contribution in [0.5, 0.6) is 0 Å². The normalized spacial score (nSPS) is 20.6. The highest BCUT2D eigenvalue weighted by atomic mass is 35.5. The quantitative estimate of drug-likeness (QED) is 0.707. The number of hydrogen-bond donors (Lipinski definition) is 1. The van der Waals surface area contributed by atoms with Gasteiger partial charge in [0.25, 0.3) is 0 Å². The van der Waals surface area contributed by atoms with Crippen molar-refractivity contribution < 1.29 is 9.59 Å². The van der Waals surface area contributed by atoms with Crippen LogP contribution in [0, 0.1) is 0 Å². The van der Waals surface area contributed by atoms with Crippen LogP contribution in [0.2, 0.25) is 5.02 Å². The van der Waals surface area contributed by atoms with Gasteiger partial charge in [-0.25, -0.2) is 4.68 Å². The SMILES string of the molecule is CN1C(=O)[C@]2(CC(=O)Nc3c2cnn3-c2ccc(Cl)cc2)c2ccccc21. The number of carbonyl (C=O) groups excluding carboxylic acids is 2. The van der Waals surface area contributed by atoms with E-state index in [-0.39, 0.29) is 18.2 Å².